The molecule has 4 aliphatic rings. The van der Waals surface area contributed by atoms with Crippen molar-refractivity contribution in [1.29, 1.82) is 0 Å². The first-order valence-electron chi connectivity index (χ1n) is 12.8. The van der Waals surface area contributed by atoms with Crippen molar-refractivity contribution < 1.29 is 14.3 Å². The maximum absolute atomic E-state index is 13.0. The fraction of sp³-hybridized carbons (Fsp3) is 0.750. The Hall–Kier alpha value is -1.51. The summed E-state index contributed by atoms with van der Waals surface area (Å²) in [6.45, 7) is 9.17. The van der Waals surface area contributed by atoms with Gasteiger partial charge in [0.2, 0.25) is 0 Å². The van der Waals surface area contributed by atoms with Gasteiger partial charge in [-0.3, -0.25) is 0 Å². The van der Waals surface area contributed by atoms with E-state index in [1.165, 1.54) is 50.5 Å². The highest BCUT2D eigenvalue weighted by molar-refractivity contribution is 5.71. The molecule has 3 nitrogen and oxygen atoms in total. The molecule has 3 heteroatoms. The number of ether oxygens (including phenoxy) is 2. The van der Waals surface area contributed by atoms with Crippen molar-refractivity contribution in [2.75, 3.05) is 6.61 Å². The first-order chi connectivity index (χ1) is 14.9. The average Bonchev–Trinajstić information content (AvgIpc) is 2.74. The fourth-order valence-corrected chi connectivity index (χ4v) is 7.24. The summed E-state index contributed by atoms with van der Waals surface area (Å²) in [5.41, 5.74) is 1.55. The number of esters is 1. The van der Waals surface area contributed by atoms with Crippen LogP contribution in [0, 0.1) is 23.2 Å². The zero-order valence-electron chi connectivity index (χ0n) is 20.1. The lowest BCUT2D eigenvalue weighted by atomic mass is 9.44. The zero-order valence-corrected chi connectivity index (χ0v) is 20.1. The molecule has 0 spiro atoms. The largest absolute Gasteiger partial charge is 0.482 e. The maximum Gasteiger partial charge on any atom is 0.344 e. The summed E-state index contributed by atoms with van der Waals surface area (Å²) in [7, 11) is 0. The van der Waals surface area contributed by atoms with E-state index in [-0.39, 0.29) is 18.2 Å². The van der Waals surface area contributed by atoms with E-state index in [2.05, 4.69) is 39.8 Å². The first-order valence-corrected chi connectivity index (χ1v) is 12.8. The van der Waals surface area contributed by atoms with Crippen molar-refractivity contribution in [3.05, 3.63) is 29.8 Å². The quantitative estimate of drug-likeness (QED) is 0.291. The molecule has 5 rings (SSSR count). The number of carbonyl (C=O) groups excluding carboxylic acids is 1. The van der Waals surface area contributed by atoms with Crippen molar-refractivity contribution in [3.8, 4) is 5.75 Å². The second-order valence-electron chi connectivity index (χ2n) is 11.2. The molecule has 0 N–H and O–H groups in total. The lowest BCUT2D eigenvalue weighted by molar-refractivity contribution is -0.227. The molecule has 0 heterocycles. The van der Waals surface area contributed by atoms with Crippen LogP contribution < -0.4 is 4.74 Å². The standard InChI is InChI=1S/C28H42O3/c1-5-7-8-13-28(23-14-21-15-24(28)18-27(4,16-21)17-23)31-26(29)19-30-25-11-9-22(10-12-25)20(3)6-2/h9-12,20-21,23-24H,5-8,13-19H2,1-4H3. The number of hydrogen-bond donors (Lipinski definition) is 0. The van der Waals surface area contributed by atoms with E-state index in [0.717, 1.165) is 30.9 Å². The summed E-state index contributed by atoms with van der Waals surface area (Å²) in [5, 5.41) is 0. The fourth-order valence-electron chi connectivity index (χ4n) is 7.24. The van der Waals surface area contributed by atoms with E-state index < -0.39 is 0 Å². The van der Waals surface area contributed by atoms with Crippen molar-refractivity contribution >= 4 is 5.97 Å². The highest BCUT2D eigenvalue weighted by atomic mass is 16.6. The Morgan fingerprint density at radius 2 is 1.74 bits per heavy atom. The molecule has 172 valence electrons. The second-order valence-corrected chi connectivity index (χ2v) is 11.2. The smallest absolute Gasteiger partial charge is 0.344 e. The number of rotatable bonds is 10. The summed E-state index contributed by atoms with van der Waals surface area (Å²) in [5.74, 6) is 3.04. The number of hydrogen-bond acceptors (Lipinski definition) is 3. The Bertz CT molecular complexity index is 736. The van der Waals surface area contributed by atoms with Gasteiger partial charge in [-0.05, 0) is 98.1 Å². The zero-order chi connectivity index (χ0) is 22.1. The molecule has 4 fully saturated rings. The van der Waals surface area contributed by atoms with Crippen molar-refractivity contribution in [2.24, 2.45) is 23.2 Å². The first kappa shape index (κ1) is 22.7. The Kier molecular flexibility index (Phi) is 6.70. The molecule has 1 aromatic rings. The molecule has 1 aromatic carbocycles. The van der Waals surface area contributed by atoms with Gasteiger partial charge in [-0.15, -0.1) is 0 Å². The summed E-state index contributed by atoms with van der Waals surface area (Å²) in [6, 6.07) is 8.18. The molecule has 0 aliphatic heterocycles. The third kappa shape index (κ3) is 4.66. The van der Waals surface area contributed by atoms with Crippen LogP contribution in [0.5, 0.6) is 5.75 Å². The van der Waals surface area contributed by atoms with Crippen molar-refractivity contribution in [2.45, 2.75) is 103 Å². The summed E-state index contributed by atoms with van der Waals surface area (Å²) < 4.78 is 12.3. The van der Waals surface area contributed by atoms with Crippen LogP contribution in [0.4, 0.5) is 0 Å². The summed E-state index contributed by atoms with van der Waals surface area (Å²) >= 11 is 0. The molecular weight excluding hydrogens is 384 g/mol. The SMILES string of the molecule is CCCCCC1(OC(=O)COc2ccc(C(C)CC)cc2)C2CC3CC1CC(C)(C3)C2. The minimum absolute atomic E-state index is 0.0122. The lowest BCUT2D eigenvalue weighted by Gasteiger charge is -2.64. The van der Waals surface area contributed by atoms with Gasteiger partial charge in [-0.2, -0.15) is 0 Å². The van der Waals surface area contributed by atoms with Gasteiger partial charge in [0.25, 0.3) is 0 Å². The highest BCUT2D eigenvalue weighted by Crippen LogP contribution is 2.65. The second kappa shape index (κ2) is 9.16. The van der Waals surface area contributed by atoms with Crippen molar-refractivity contribution in [1.82, 2.24) is 0 Å². The Morgan fingerprint density at radius 1 is 1.06 bits per heavy atom. The summed E-state index contributed by atoms with van der Waals surface area (Å²) in [4.78, 5) is 13.0. The predicted molar refractivity (Wildman–Crippen MR) is 125 cm³/mol. The van der Waals surface area contributed by atoms with Crippen LogP contribution in [0.3, 0.4) is 0 Å². The van der Waals surface area contributed by atoms with Crippen LogP contribution >= 0.6 is 0 Å². The molecule has 3 atom stereocenters. The van der Waals surface area contributed by atoms with Crippen LogP contribution in [-0.4, -0.2) is 18.2 Å². The molecule has 4 bridgehead atoms. The lowest BCUT2D eigenvalue weighted by Crippen LogP contribution is -2.62. The van der Waals surface area contributed by atoms with Gasteiger partial charge in [0.1, 0.15) is 11.4 Å². The van der Waals surface area contributed by atoms with E-state index in [4.69, 9.17) is 9.47 Å². The van der Waals surface area contributed by atoms with E-state index in [1.54, 1.807) is 0 Å². The number of carbonyl (C=O) groups is 1. The number of unbranched alkanes of at least 4 members (excludes halogenated alkanes) is 2. The van der Waals surface area contributed by atoms with Crippen LogP contribution in [0.25, 0.3) is 0 Å². The molecule has 0 aromatic heterocycles. The molecule has 3 unspecified atom stereocenters. The normalized spacial score (nSPS) is 34.5. The highest BCUT2D eigenvalue weighted by Gasteiger charge is 2.62. The van der Waals surface area contributed by atoms with Crippen LogP contribution in [0.15, 0.2) is 24.3 Å². The van der Waals surface area contributed by atoms with Gasteiger partial charge >= 0.3 is 5.97 Å². The van der Waals surface area contributed by atoms with E-state index in [9.17, 15) is 4.79 Å². The van der Waals surface area contributed by atoms with Gasteiger partial charge in [-0.1, -0.05) is 52.7 Å². The van der Waals surface area contributed by atoms with Gasteiger partial charge in [0.05, 0.1) is 0 Å². The van der Waals surface area contributed by atoms with E-state index in [1.807, 2.05) is 12.1 Å². The molecule has 4 aliphatic carbocycles. The Balaban J connectivity index is 1.41. The molecule has 0 amide bonds. The van der Waals surface area contributed by atoms with Crippen molar-refractivity contribution in [3.63, 3.8) is 0 Å². The van der Waals surface area contributed by atoms with Crippen LogP contribution in [-0.2, 0) is 9.53 Å². The van der Waals surface area contributed by atoms with Gasteiger partial charge in [0.15, 0.2) is 6.61 Å². The van der Waals surface area contributed by atoms with Gasteiger partial charge < -0.3 is 9.47 Å². The van der Waals surface area contributed by atoms with Crippen LogP contribution in [0.1, 0.15) is 103 Å². The average molecular weight is 427 g/mol. The van der Waals surface area contributed by atoms with Gasteiger partial charge in [0, 0.05) is 0 Å². The minimum atomic E-state index is -0.244. The molecule has 0 radical (unpaired) electrons. The third-order valence-corrected chi connectivity index (χ3v) is 8.77. The molecular formula is C28H42O3. The maximum atomic E-state index is 13.0. The van der Waals surface area contributed by atoms with Crippen LogP contribution in [0.2, 0.25) is 0 Å². The third-order valence-electron chi connectivity index (χ3n) is 8.77. The Labute approximate surface area is 189 Å². The van der Waals surface area contributed by atoms with E-state index in [0.29, 0.717) is 23.2 Å². The number of benzene rings is 1. The van der Waals surface area contributed by atoms with Gasteiger partial charge in [-0.25, -0.2) is 4.79 Å². The molecule has 4 saturated carbocycles. The molecule has 31 heavy (non-hydrogen) atoms. The topological polar surface area (TPSA) is 35.5 Å². The van der Waals surface area contributed by atoms with E-state index >= 15 is 0 Å². The minimum Gasteiger partial charge on any atom is -0.482 e. The monoisotopic (exact) mass is 426 g/mol. The summed E-state index contributed by atoms with van der Waals surface area (Å²) in [6.07, 6.45) is 12.1. The predicted octanol–water partition coefficient (Wildman–Crippen LogP) is 7.29. The molecule has 0 saturated heterocycles. The Morgan fingerprint density at radius 3 is 2.32 bits per heavy atom.